The quantitative estimate of drug-likeness (QED) is 0.217. The Labute approximate surface area is 282 Å². The summed E-state index contributed by atoms with van der Waals surface area (Å²) in [4.78, 5) is 26.1. The Balaban J connectivity index is 0.987. The molecule has 1 aromatic carbocycles. The Kier molecular flexibility index (Phi) is 8.20. The van der Waals surface area contributed by atoms with Crippen LogP contribution in [0.25, 0.3) is 21.1 Å². The first-order valence-electron chi connectivity index (χ1n) is 16.5. The van der Waals surface area contributed by atoms with Crippen LogP contribution in [0, 0.1) is 29.6 Å². The van der Waals surface area contributed by atoms with Gasteiger partial charge in [0, 0.05) is 53.5 Å². The van der Waals surface area contributed by atoms with Gasteiger partial charge in [0.05, 0.1) is 18.4 Å². The zero-order chi connectivity index (χ0) is 34.0. The van der Waals surface area contributed by atoms with Crippen molar-refractivity contribution < 1.29 is 18.0 Å². The number of thiophene rings is 1. The lowest BCUT2D eigenvalue weighted by Crippen LogP contribution is -2.82. The molecule has 4 heterocycles. The Morgan fingerprint density at radius 1 is 1.17 bits per heavy atom. The first-order valence-corrected chi connectivity index (χ1v) is 17.4. The minimum Gasteiger partial charge on any atom is -0.367 e. The van der Waals surface area contributed by atoms with Gasteiger partial charge in [-0.3, -0.25) is 9.69 Å². The number of likely N-dealkylation sites (N-methyl/N-ethyl adjacent to an activating group) is 1. The smallest absolute Gasteiger partial charge is 0.367 e. The van der Waals surface area contributed by atoms with Gasteiger partial charge in [0.2, 0.25) is 5.91 Å². The Bertz CT molecular complexity index is 1910. The van der Waals surface area contributed by atoms with Gasteiger partial charge in [0.25, 0.3) is 0 Å². The number of amides is 1. The zero-order valence-corrected chi connectivity index (χ0v) is 28.6. The number of carbonyl (C=O) groups excluding carboxylic acids is 1. The second-order valence-electron chi connectivity index (χ2n) is 14.5. The van der Waals surface area contributed by atoms with Crippen LogP contribution in [0.1, 0.15) is 54.3 Å². The van der Waals surface area contributed by atoms with Crippen molar-refractivity contribution in [2.75, 3.05) is 39.0 Å². The molecule has 9 nitrogen and oxygen atoms in total. The van der Waals surface area contributed by atoms with E-state index in [1.807, 2.05) is 25.1 Å². The molecule has 3 aliphatic carbocycles. The maximum Gasteiger partial charge on any atom is 0.393 e. The number of nitrogens with one attached hydrogen (secondary N) is 2. The highest BCUT2D eigenvalue weighted by Crippen LogP contribution is 2.72. The van der Waals surface area contributed by atoms with Crippen molar-refractivity contribution in [3.63, 3.8) is 0 Å². The summed E-state index contributed by atoms with van der Waals surface area (Å²) in [7, 11) is 3.80. The van der Waals surface area contributed by atoms with Crippen molar-refractivity contribution in [2.45, 2.75) is 76.8 Å². The van der Waals surface area contributed by atoms with Gasteiger partial charge in [0.15, 0.2) is 0 Å². The van der Waals surface area contributed by atoms with Crippen LogP contribution in [-0.4, -0.2) is 81.7 Å². The fourth-order valence-corrected chi connectivity index (χ4v) is 9.46. The molecule has 8 rings (SSSR count). The zero-order valence-electron chi connectivity index (χ0n) is 27.7. The number of rotatable bonds is 10. The fourth-order valence-electron chi connectivity index (χ4n) is 8.44. The van der Waals surface area contributed by atoms with E-state index in [0.717, 1.165) is 74.1 Å². The number of likely N-dealkylation sites (tertiary alicyclic amines) is 1. The van der Waals surface area contributed by atoms with E-state index >= 15 is 0 Å². The number of piperidine rings is 1. The van der Waals surface area contributed by atoms with E-state index in [4.69, 9.17) is 0 Å². The number of aryl methyl sites for hydroxylation is 1. The van der Waals surface area contributed by atoms with Gasteiger partial charge >= 0.3 is 6.18 Å². The van der Waals surface area contributed by atoms with E-state index < -0.39 is 12.6 Å². The van der Waals surface area contributed by atoms with Crippen LogP contribution in [0.15, 0.2) is 30.6 Å². The molecule has 4 aliphatic rings. The maximum atomic E-state index is 13.0. The average molecular weight is 679 g/mol. The van der Waals surface area contributed by atoms with Crippen LogP contribution < -0.4 is 10.6 Å². The molecule has 254 valence electrons. The van der Waals surface area contributed by atoms with Gasteiger partial charge in [-0.2, -0.15) is 18.4 Å². The van der Waals surface area contributed by atoms with Crippen molar-refractivity contribution in [1.82, 2.24) is 29.7 Å². The second kappa shape index (κ2) is 12.0. The molecule has 2 bridgehead atoms. The lowest BCUT2D eigenvalue weighted by molar-refractivity contribution is -0.228. The topological polar surface area (TPSA) is 102 Å². The largest absolute Gasteiger partial charge is 0.393 e. The highest BCUT2D eigenvalue weighted by molar-refractivity contribution is 7.18. The van der Waals surface area contributed by atoms with Crippen LogP contribution in [0.4, 0.5) is 19.0 Å². The van der Waals surface area contributed by atoms with E-state index in [9.17, 15) is 23.2 Å². The number of alkyl halides is 3. The Hall–Kier alpha value is -3.73. The number of hydrogen-bond donors (Lipinski definition) is 2. The molecule has 3 aromatic heterocycles. The third-order valence-corrected chi connectivity index (χ3v) is 12.1. The van der Waals surface area contributed by atoms with E-state index in [-0.39, 0.29) is 27.8 Å². The predicted octanol–water partition coefficient (Wildman–Crippen LogP) is 5.85. The molecule has 4 aromatic rings. The molecule has 48 heavy (non-hydrogen) atoms. The number of nitriles is 1. The van der Waals surface area contributed by atoms with Gasteiger partial charge in [-0.15, -0.1) is 11.3 Å². The third-order valence-electron chi connectivity index (χ3n) is 11.1. The summed E-state index contributed by atoms with van der Waals surface area (Å²) in [6, 6.07) is 10.6. The van der Waals surface area contributed by atoms with Crippen molar-refractivity contribution in [3.05, 3.63) is 52.3 Å². The summed E-state index contributed by atoms with van der Waals surface area (Å²) >= 11 is 1.07. The van der Waals surface area contributed by atoms with Crippen molar-refractivity contribution in [1.29, 1.82) is 5.26 Å². The molecule has 4 fully saturated rings. The number of anilines is 1. The number of halogens is 3. The number of carbonyl (C=O) groups is 1. The molecule has 1 aliphatic heterocycles. The number of nitrogens with zero attached hydrogens (tertiary/aromatic N) is 6. The molecule has 0 spiro atoms. The molecular weight excluding hydrogens is 638 g/mol. The van der Waals surface area contributed by atoms with Gasteiger partial charge in [0.1, 0.15) is 28.7 Å². The average Bonchev–Trinajstić information content (AvgIpc) is 3.58. The molecule has 0 radical (unpaired) electrons. The molecule has 1 atom stereocenters. The summed E-state index contributed by atoms with van der Waals surface area (Å²) in [6.45, 7) is 8.10. The van der Waals surface area contributed by atoms with Gasteiger partial charge in [-0.1, -0.05) is 13.0 Å². The number of benzene rings is 1. The van der Waals surface area contributed by atoms with Gasteiger partial charge in [-0.25, -0.2) is 9.97 Å². The van der Waals surface area contributed by atoms with E-state index in [2.05, 4.69) is 62.1 Å². The summed E-state index contributed by atoms with van der Waals surface area (Å²) in [6.07, 6.45) is -0.139. The summed E-state index contributed by atoms with van der Waals surface area (Å²) < 4.78 is 41.1. The Morgan fingerprint density at radius 3 is 2.58 bits per heavy atom. The highest BCUT2D eigenvalue weighted by Gasteiger charge is 2.74. The summed E-state index contributed by atoms with van der Waals surface area (Å²) in [5, 5.41) is 18.6. The predicted molar refractivity (Wildman–Crippen MR) is 181 cm³/mol. The normalized spacial score (nSPS) is 24.4. The first kappa shape index (κ1) is 32.8. The molecule has 2 N–H and O–H groups in total. The lowest BCUT2D eigenvalue weighted by atomic mass is 9.33. The van der Waals surface area contributed by atoms with Gasteiger partial charge < -0.3 is 20.1 Å². The van der Waals surface area contributed by atoms with Crippen molar-refractivity contribution in [2.24, 2.45) is 11.3 Å². The maximum absolute atomic E-state index is 13.0. The SMILES string of the molecule is Cc1c(CN2CCC(Nc3ncnc4sc(CC(F)(F)F)cc34)CC2)ccc2c1cc(C#N)n2CC12CC(NC(=O)CN(C)C)(C1)[C@H]2C. The summed E-state index contributed by atoms with van der Waals surface area (Å²) in [5.41, 5.74) is 4.18. The molecule has 0 unspecified atom stereocenters. The minimum atomic E-state index is -4.26. The van der Waals surface area contributed by atoms with Crippen molar-refractivity contribution in [3.8, 4) is 6.07 Å². The number of hydrogen-bond acceptors (Lipinski definition) is 8. The van der Waals surface area contributed by atoms with Crippen LogP contribution in [0.5, 0.6) is 0 Å². The summed E-state index contributed by atoms with van der Waals surface area (Å²) in [5.74, 6) is 1.02. The number of fused-ring (bicyclic) bond motifs is 2. The highest BCUT2D eigenvalue weighted by atomic mass is 32.1. The van der Waals surface area contributed by atoms with Crippen LogP contribution in [0.2, 0.25) is 0 Å². The van der Waals surface area contributed by atoms with E-state index in [0.29, 0.717) is 34.2 Å². The van der Waals surface area contributed by atoms with Gasteiger partial charge in [-0.05, 0) is 87.4 Å². The fraction of sp³-hybridized carbons (Fsp3) is 0.543. The number of aromatic nitrogens is 3. The molecule has 13 heteroatoms. The van der Waals surface area contributed by atoms with Crippen LogP contribution in [0.3, 0.4) is 0 Å². The van der Waals surface area contributed by atoms with Crippen LogP contribution in [-0.2, 0) is 24.3 Å². The van der Waals surface area contributed by atoms with E-state index in [1.54, 1.807) is 6.07 Å². The monoisotopic (exact) mass is 678 g/mol. The van der Waals surface area contributed by atoms with E-state index in [1.165, 1.54) is 17.5 Å². The first-order chi connectivity index (χ1) is 22.8. The standard InChI is InChI=1S/C35H41F3N8OS/c1-21-23(15-45-9-7-24(8-10-45)42-31-28-12-26(13-35(36,37)38)48-32(28)41-20-40-31)5-6-29-27(21)11-25(14-39)46(29)19-33-17-34(18-33,22(33)2)43-30(47)16-44(3)4/h5-6,11-12,20,22,24H,7-10,13,15-19H2,1-4H3,(H,43,47)(H,40,41,42)/t22-,33?,34?/m0/s1. The van der Waals surface area contributed by atoms with Crippen molar-refractivity contribution >= 4 is 44.2 Å². The van der Waals surface area contributed by atoms with Crippen LogP contribution >= 0.6 is 11.3 Å². The molecule has 1 amide bonds. The Morgan fingerprint density at radius 2 is 1.92 bits per heavy atom. The third kappa shape index (κ3) is 5.92. The minimum absolute atomic E-state index is 0.0693. The lowest BCUT2D eigenvalue weighted by Gasteiger charge is -2.76. The molecule has 3 saturated carbocycles. The second-order valence-corrected chi connectivity index (χ2v) is 15.6. The molecule has 1 saturated heterocycles. The molecular formula is C35H41F3N8OS.